The Morgan fingerprint density at radius 3 is 2.50 bits per heavy atom. The quantitative estimate of drug-likeness (QED) is 0.814. The highest BCUT2D eigenvalue weighted by molar-refractivity contribution is 14.1. The average Bonchev–Trinajstić information content (AvgIpc) is 2.37. The van der Waals surface area contributed by atoms with Gasteiger partial charge < -0.3 is 10.1 Å². The maximum Gasteiger partial charge on any atom is 0.128 e. The van der Waals surface area contributed by atoms with Gasteiger partial charge in [-0.3, -0.25) is 0 Å². The van der Waals surface area contributed by atoms with E-state index in [1.165, 1.54) is 9.13 Å². The summed E-state index contributed by atoms with van der Waals surface area (Å²) in [7, 11) is 0. The van der Waals surface area contributed by atoms with E-state index < -0.39 is 0 Å². The Morgan fingerprint density at radius 1 is 1.06 bits per heavy atom. The molecule has 3 heteroatoms. The second-order valence-electron chi connectivity index (χ2n) is 3.99. The van der Waals surface area contributed by atoms with Crippen LogP contribution in [0.4, 0.5) is 0 Å². The Hall–Kier alpha value is -1.07. The highest BCUT2D eigenvalue weighted by Crippen LogP contribution is 2.23. The summed E-state index contributed by atoms with van der Waals surface area (Å²) in [5, 5.41) is 3.31. The molecule has 0 aromatic heterocycles. The molecule has 0 bridgehead atoms. The second kappa shape index (κ2) is 6.75. The zero-order valence-corrected chi connectivity index (χ0v) is 12.5. The van der Waals surface area contributed by atoms with Crippen LogP contribution in [-0.2, 0) is 6.54 Å². The molecule has 0 spiro atoms. The lowest BCUT2D eigenvalue weighted by atomic mass is 10.2. The third kappa shape index (κ3) is 3.99. The molecule has 0 fully saturated rings. The molecule has 0 aliphatic rings. The van der Waals surface area contributed by atoms with Gasteiger partial charge in [0.2, 0.25) is 0 Å². The summed E-state index contributed by atoms with van der Waals surface area (Å²) in [6.45, 7) is 3.95. The fraction of sp³-hybridized carbons (Fsp3) is 0.200. The summed E-state index contributed by atoms with van der Waals surface area (Å²) in [5.74, 6) is 1.76. The monoisotopic (exact) mass is 353 g/mol. The zero-order valence-electron chi connectivity index (χ0n) is 10.3. The smallest absolute Gasteiger partial charge is 0.128 e. The van der Waals surface area contributed by atoms with Crippen molar-refractivity contribution in [1.82, 2.24) is 5.32 Å². The standard InChI is InChI=1S/C15H16INO/c1-2-17-11-12-5-3-7-14(9-12)18-15-8-4-6-13(16)10-15/h3-10,17H,2,11H2,1H3. The lowest BCUT2D eigenvalue weighted by molar-refractivity contribution is 0.481. The Balaban J connectivity index is 2.09. The third-order valence-electron chi connectivity index (χ3n) is 2.51. The van der Waals surface area contributed by atoms with Crippen LogP contribution >= 0.6 is 22.6 Å². The molecule has 0 heterocycles. The number of benzene rings is 2. The van der Waals surface area contributed by atoms with Crippen molar-refractivity contribution in [2.75, 3.05) is 6.54 Å². The van der Waals surface area contributed by atoms with Gasteiger partial charge in [0.15, 0.2) is 0 Å². The van der Waals surface area contributed by atoms with Crippen LogP contribution in [0, 0.1) is 3.57 Å². The van der Waals surface area contributed by atoms with Gasteiger partial charge in [-0.2, -0.15) is 0 Å². The predicted molar refractivity (Wildman–Crippen MR) is 83.1 cm³/mol. The van der Waals surface area contributed by atoms with Gasteiger partial charge in [-0.15, -0.1) is 0 Å². The van der Waals surface area contributed by atoms with E-state index in [9.17, 15) is 0 Å². The molecule has 18 heavy (non-hydrogen) atoms. The van der Waals surface area contributed by atoms with E-state index in [-0.39, 0.29) is 0 Å². The van der Waals surface area contributed by atoms with Crippen LogP contribution in [0.25, 0.3) is 0 Å². The van der Waals surface area contributed by atoms with Crippen LogP contribution < -0.4 is 10.1 Å². The first-order valence-corrected chi connectivity index (χ1v) is 7.09. The van der Waals surface area contributed by atoms with Crippen molar-refractivity contribution in [1.29, 1.82) is 0 Å². The minimum atomic E-state index is 0.875. The van der Waals surface area contributed by atoms with Gasteiger partial charge in [-0.25, -0.2) is 0 Å². The molecule has 2 aromatic rings. The first-order chi connectivity index (χ1) is 8.78. The van der Waals surface area contributed by atoms with E-state index in [0.717, 1.165) is 24.6 Å². The van der Waals surface area contributed by atoms with Gasteiger partial charge in [0, 0.05) is 10.1 Å². The minimum Gasteiger partial charge on any atom is -0.457 e. The minimum absolute atomic E-state index is 0.875. The molecule has 0 aliphatic heterocycles. The average molecular weight is 353 g/mol. The van der Waals surface area contributed by atoms with E-state index in [1.807, 2.05) is 30.3 Å². The van der Waals surface area contributed by atoms with Crippen LogP contribution in [0.15, 0.2) is 48.5 Å². The Morgan fingerprint density at radius 2 is 1.78 bits per heavy atom. The normalized spacial score (nSPS) is 10.3. The topological polar surface area (TPSA) is 21.3 Å². The van der Waals surface area contributed by atoms with Gasteiger partial charge in [0.1, 0.15) is 11.5 Å². The van der Waals surface area contributed by atoms with Crippen LogP contribution in [0.5, 0.6) is 11.5 Å². The summed E-state index contributed by atoms with van der Waals surface area (Å²) in [4.78, 5) is 0. The molecule has 0 radical (unpaired) electrons. The molecule has 2 aromatic carbocycles. The van der Waals surface area contributed by atoms with Gasteiger partial charge in [0.05, 0.1) is 0 Å². The predicted octanol–water partition coefficient (Wildman–Crippen LogP) is 4.19. The summed E-state index contributed by atoms with van der Waals surface area (Å²) in [5.41, 5.74) is 1.24. The summed E-state index contributed by atoms with van der Waals surface area (Å²) in [6, 6.07) is 16.2. The Labute approximate surface area is 122 Å². The van der Waals surface area contributed by atoms with E-state index >= 15 is 0 Å². The van der Waals surface area contributed by atoms with Crippen molar-refractivity contribution < 1.29 is 4.74 Å². The van der Waals surface area contributed by atoms with Gasteiger partial charge in [0.25, 0.3) is 0 Å². The van der Waals surface area contributed by atoms with Crippen molar-refractivity contribution in [3.8, 4) is 11.5 Å². The fourth-order valence-electron chi connectivity index (χ4n) is 1.65. The number of hydrogen-bond donors (Lipinski definition) is 1. The van der Waals surface area contributed by atoms with E-state index in [0.29, 0.717) is 0 Å². The summed E-state index contributed by atoms with van der Waals surface area (Å²) in [6.07, 6.45) is 0. The van der Waals surface area contributed by atoms with Crippen LogP contribution in [0.3, 0.4) is 0 Å². The van der Waals surface area contributed by atoms with Crippen LogP contribution in [0.2, 0.25) is 0 Å². The van der Waals surface area contributed by atoms with E-state index in [4.69, 9.17) is 4.74 Å². The van der Waals surface area contributed by atoms with Crippen molar-refractivity contribution in [3.05, 3.63) is 57.7 Å². The number of ether oxygens (including phenoxy) is 1. The molecular formula is C15H16INO. The third-order valence-corrected chi connectivity index (χ3v) is 3.18. The number of hydrogen-bond acceptors (Lipinski definition) is 2. The van der Waals surface area contributed by atoms with Crippen molar-refractivity contribution in [2.45, 2.75) is 13.5 Å². The summed E-state index contributed by atoms with van der Waals surface area (Å²) >= 11 is 2.28. The lowest BCUT2D eigenvalue weighted by Gasteiger charge is -2.08. The molecule has 1 N–H and O–H groups in total. The summed E-state index contributed by atoms with van der Waals surface area (Å²) < 4.78 is 7.02. The maximum absolute atomic E-state index is 5.85. The molecule has 0 atom stereocenters. The Bertz CT molecular complexity index is 513. The highest BCUT2D eigenvalue weighted by atomic mass is 127. The zero-order chi connectivity index (χ0) is 12.8. The first-order valence-electron chi connectivity index (χ1n) is 6.01. The first kappa shape index (κ1) is 13.4. The number of halogens is 1. The van der Waals surface area contributed by atoms with Crippen molar-refractivity contribution >= 4 is 22.6 Å². The molecular weight excluding hydrogens is 337 g/mol. The van der Waals surface area contributed by atoms with Gasteiger partial charge in [-0.05, 0) is 65.0 Å². The molecule has 2 rings (SSSR count). The molecule has 0 unspecified atom stereocenters. The fourth-order valence-corrected chi connectivity index (χ4v) is 2.17. The van der Waals surface area contributed by atoms with Crippen molar-refractivity contribution in [2.24, 2.45) is 0 Å². The molecule has 2 nitrogen and oxygen atoms in total. The molecule has 0 aliphatic carbocycles. The number of rotatable bonds is 5. The van der Waals surface area contributed by atoms with E-state index in [2.05, 4.69) is 53.0 Å². The molecule has 94 valence electrons. The molecule has 0 amide bonds. The van der Waals surface area contributed by atoms with Crippen LogP contribution in [-0.4, -0.2) is 6.54 Å². The molecule has 0 saturated heterocycles. The van der Waals surface area contributed by atoms with E-state index in [1.54, 1.807) is 0 Å². The molecule has 0 saturated carbocycles. The number of nitrogens with one attached hydrogen (secondary N) is 1. The van der Waals surface area contributed by atoms with Gasteiger partial charge in [-0.1, -0.05) is 25.1 Å². The maximum atomic E-state index is 5.85. The Kier molecular flexibility index (Phi) is 5.01. The lowest BCUT2D eigenvalue weighted by Crippen LogP contribution is -2.11. The largest absolute Gasteiger partial charge is 0.457 e. The van der Waals surface area contributed by atoms with Crippen molar-refractivity contribution in [3.63, 3.8) is 0 Å². The van der Waals surface area contributed by atoms with Crippen LogP contribution in [0.1, 0.15) is 12.5 Å². The van der Waals surface area contributed by atoms with Gasteiger partial charge >= 0.3 is 0 Å². The second-order valence-corrected chi connectivity index (χ2v) is 5.23. The SMILES string of the molecule is CCNCc1cccc(Oc2cccc(I)c2)c1. The highest BCUT2D eigenvalue weighted by Gasteiger charge is 1.99.